The molecule has 0 aliphatic heterocycles. The molecule has 25 heavy (non-hydrogen) atoms. The largest absolute Gasteiger partial charge is 0.398 e. The Labute approximate surface area is 144 Å². The van der Waals surface area contributed by atoms with Gasteiger partial charge in [0.25, 0.3) is 5.91 Å². The van der Waals surface area contributed by atoms with Gasteiger partial charge < -0.3 is 22.5 Å². The van der Waals surface area contributed by atoms with Crippen molar-refractivity contribution in [3.8, 4) is 11.1 Å². The van der Waals surface area contributed by atoms with E-state index in [1.807, 2.05) is 6.92 Å². The zero-order valence-electron chi connectivity index (χ0n) is 13.8. The van der Waals surface area contributed by atoms with Gasteiger partial charge in [0.05, 0.1) is 11.4 Å². The van der Waals surface area contributed by atoms with E-state index in [1.54, 1.807) is 12.1 Å². The van der Waals surface area contributed by atoms with Gasteiger partial charge in [-0.15, -0.1) is 0 Å². The van der Waals surface area contributed by atoms with Crippen molar-refractivity contribution in [3.05, 3.63) is 53.2 Å². The summed E-state index contributed by atoms with van der Waals surface area (Å²) >= 11 is 0. The summed E-state index contributed by atoms with van der Waals surface area (Å²) < 4.78 is 14.3. The molecule has 1 aliphatic carbocycles. The summed E-state index contributed by atoms with van der Waals surface area (Å²) in [7, 11) is 0. The van der Waals surface area contributed by atoms with Crippen LogP contribution in [0.1, 0.15) is 24.1 Å². The Kier molecular flexibility index (Phi) is 4.31. The number of hydrogen-bond donors (Lipinski definition) is 4. The fraction of sp³-hybridized carbons (Fsp3) is 0.222. The van der Waals surface area contributed by atoms with Crippen LogP contribution in [0.5, 0.6) is 0 Å². The summed E-state index contributed by atoms with van der Waals surface area (Å²) in [6.07, 6.45) is 3.40. The van der Waals surface area contributed by atoms with Crippen LogP contribution < -0.4 is 22.5 Å². The standard InChI is InChI=1S/C18H20FN5O/c1-9-2-3-10(8-23-9)14-13(19)7-6-12(15(14)20)16(21)17(22)18(25)24-11-4-5-11/h2-3,6-8,11H,4-5,20-22H2,1H3,(H,24,25)/b17-16+. The minimum absolute atomic E-state index is 0.0250. The topological polar surface area (TPSA) is 120 Å². The molecular weight excluding hydrogens is 321 g/mol. The zero-order valence-corrected chi connectivity index (χ0v) is 13.8. The summed E-state index contributed by atoms with van der Waals surface area (Å²) in [5, 5.41) is 2.76. The first-order valence-corrected chi connectivity index (χ1v) is 7.96. The van der Waals surface area contributed by atoms with Crippen LogP contribution in [0.3, 0.4) is 0 Å². The third kappa shape index (κ3) is 3.40. The SMILES string of the molecule is Cc1ccc(-c2c(F)ccc(/C(N)=C(\N)C(=O)NC3CC3)c2N)cn1. The molecular formula is C18H20FN5O. The molecule has 0 unspecified atom stereocenters. The van der Waals surface area contributed by atoms with Crippen LogP contribution in [0, 0.1) is 12.7 Å². The number of nitrogens with zero attached hydrogens (tertiary/aromatic N) is 1. The molecule has 1 aliphatic rings. The van der Waals surface area contributed by atoms with Crippen molar-refractivity contribution in [3.63, 3.8) is 0 Å². The van der Waals surface area contributed by atoms with Gasteiger partial charge in [0.2, 0.25) is 0 Å². The number of nitrogens with one attached hydrogen (secondary N) is 1. The summed E-state index contributed by atoms with van der Waals surface area (Å²) in [4.78, 5) is 16.2. The number of aryl methyl sites for hydroxylation is 1. The second-order valence-corrected chi connectivity index (χ2v) is 6.15. The minimum Gasteiger partial charge on any atom is -0.398 e. The summed E-state index contributed by atoms with van der Waals surface area (Å²) in [6, 6.07) is 6.31. The maximum atomic E-state index is 14.3. The van der Waals surface area contributed by atoms with Crippen molar-refractivity contribution in [1.82, 2.24) is 10.3 Å². The number of amides is 1. The number of rotatable bonds is 4. The van der Waals surface area contributed by atoms with Crippen molar-refractivity contribution >= 4 is 17.3 Å². The van der Waals surface area contributed by atoms with Crippen LogP contribution in [0.15, 0.2) is 36.2 Å². The number of carbonyl (C=O) groups excluding carboxylic acids is 1. The molecule has 1 heterocycles. The zero-order chi connectivity index (χ0) is 18.1. The van der Waals surface area contributed by atoms with Crippen LogP contribution in [0.25, 0.3) is 16.8 Å². The number of hydrogen-bond acceptors (Lipinski definition) is 5. The lowest BCUT2D eigenvalue weighted by Crippen LogP contribution is -2.32. The Bertz CT molecular complexity index is 857. The summed E-state index contributed by atoms with van der Waals surface area (Å²) in [5.41, 5.74) is 19.9. The lowest BCUT2D eigenvalue weighted by molar-refractivity contribution is -0.117. The molecule has 1 amide bonds. The molecule has 0 bridgehead atoms. The van der Waals surface area contributed by atoms with Crippen molar-refractivity contribution in [2.75, 3.05) is 5.73 Å². The van der Waals surface area contributed by atoms with Crippen molar-refractivity contribution in [2.45, 2.75) is 25.8 Å². The quantitative estimate of drug-likeness (QED) is 0.498. The highest BCUT2D eigenvalue weighted by Gasteiger charge is 2.25. The molecule has 7 heteroatoms. The molecule has 1 fully saturated rings. The van der Waals surface area contributed by atoms with Gasteiger partial charge in [-0.3, -0.25) is 9.78 Å². The van der Waals surface area contributed by atoms with E-state index in [9.17, 15) is 9.18 Å². The summed E-state index contributed by atoms with van der Waals surface area (Å²) in [6.45, 7) is 1.83. The lowest BCUT2D eigenvalue weighted by atomic mass is 9.98. The smallest absolute Gasteiger partial charge is 0.269 e. The second-order valence-electron chi connectivity index (χ2n) is 6.15. The van der Waals surface area contributed by atoms with Crippen molar-refractivity contribution in [1.29, 1.82) is 0 Å². The fourth-order valence-corrected chi connectivity index (χ4v) is 2.50. The van der Waals surface area contributed by atoms with Gasteiger partial charge >= 0.3 is 0 Å². The van der Waals surface area contributed by atoms with E-state index in [4.69, 9.17) is 17.2 Å². The monoisotopic (exact) mass is 341 g/mol. The first-order chi connectivity index (χ1) is 11.9. The van der Waals surface area contributed by atoms with Gasteiger partial charge in [0, 0.05) is 34.6 Å². The highest BCUT2D eigenvalue weighted by atomic mass is 19.1. The van der Waals surface area contributed by atoms with Gasteiger partial charge in [-0.25, -0.2) is 4.39 Å². The van der Waals surface area contributed by atoms with E-state index in [-0.39, 0.29) is 28.7 Å². The molecule has 0 saturated heterocycles. The maximum Gasteiger partial charge on any atom is 0.269 e. The highest BCUT2D eigenvalue weighted by molar-refractivity contribution is 6.02. The molecule has 1 saturated carbocycles. The fourth-order valence-electron chi connectivity index (χ4n) is 2.50. The van der Waals surface area contributed by atoms with Gasteiger partial charge in [-0.2, -0.15) is 0 Å². The van der Waals surface area contributed by atoms with Crippen molar-refractivity contribution in [2.24, 2.45) is 11.5 Å². The van der Waals surface area contributed by atoms with E-state index in [0.717, 1.165) is 18.5 Å². The number of aromatic nitrogens is 1. The van der Waals surface area contributed by atoms with Crippen molar-refractivity contribution < 1.29 is 9.18 Å². The highest BCUT2D eigenvalue weighted by Crippen LogP contribution is 2.33. The maximum absolute atomic E-state index is 14.3. The number of benzene rings is 1. The van der Waals surface area contributed by atoms with E-state index in [2.05, 4.69) is 10.3 Å². The molecule has 1 aromatic heterocycles. The number of nitrogen functional groups attached to an aromatic ring is 1. The molecule has 6 nitrogen and oxygen atoms in total. The predicted octanol–water partition coefficient (Wildman–Crippen LogP) is 1.64. The third-order valence-electron chi connectivity index (χ3n) is 4.13. The number of pyridine rings is 1. The van der Waals surface area contributed by atoms with Crippen LogP contribution in [-0.2, 0) is 4.79 Å². The number of nitrogens with two attached hydrogens (primary N) is 3. The van der Waals surface area contributed by atoms with E-state index in [0.29, 0.717) is 11.1 Å². The Hall–Kier alpha value is -3.09. The van der Waals surface area contributed by atoms with Crippen LogP contribution in [-0.4, -0.2) is 16.9 Å². The number of anilines is 1. The van der Waals surface area contributed by atoms with E-state index < -0.39 is 11.7 Å². The van der Waals surface area contributed by atoms with E-state index in [1.165, 1.54) is 18.3 Å². The Morgan fingerprint density at radius 2 is 1.96 bits per heavy atom. The van der Waals surface area contributed by atoms with Gasteiger partial charge in [0.1, 0.15) is 11.5 Å². The predicted molar refractivity (Wildman–Crippen MR) is 95.2 cm³/mol. The number of carbonyl (C=O) groups is 1. The first kappa shape index (κ1) is 16.8. The molecule has 0 spiro atoms. The van der Waals surface area contributed by atoms with Gasteiger partial charge in [-0.05, 0) is 38.0 Å². The second kappa shape index (κ2) is 6.43. The number of halogens is 1. The minimum atomic E-state index is -0.499. The average molecular weight is 341 g/mol. The van der Waals surface area contributed by atoms with Gasteiger partial charge in [0.15, 0.2) is 0 Å². The van der Waals surface area contributed by atoms with Gasteiger partial charge in [-0.1, -0.05) is 6.07 Å². The molecule has 2 aromatic rings. The van der Waals surface area contributed by atoms with Crippen LogP contribution in [0.4, 0.5) is 10.1 Å². The molecule has 130 valence electrons. The molecule has 1 aromatic carbocycles. The molecule has 0 radical (unpaired) electrons. The summed E-state index contributed by atoms with van der Waals surface area (Å²) in [5.74, 6) is -0.942. The Morgan fingerprint density at radius 3 is 2.56 bits per heavy atom. The van der Waals surface area contributed by atoms with Crippen LogP contribution in [0.2, 0.25) is 0 Å². The van der Waals surface area contributed by atoms with E-state index >= 15 is 0 Å². The Balaban J connectivity index is 2.03. The third-order valence-corrected chi connectivity index (χ3v) is 4.13. The Morgan fingerprint density at radius 1 is 1.24 bits per heavy atom. The van der Waals surface area contributed by atoms with Crippen LogP contribution >= 0.6 is 0 Å². The molecule has 3 rings (SSSR count). The average Bonchev–Trinajstić information content (AvgIpc) is 3.39. The molecule has 0 atom stereocenters. The lowest BCUT2D eigenvalue weighted by Gasteiger charge is -2.14. The molecule has 7 N–H and O–H groups in total. The normalized spacial score (nSPS) is 14.8. The first-order valence-electron chi connectivity index (χ1n) is 7.96.